The van der Waals surface area contributed by atoms with Crippen LogP contribution in [0.3, 0.4) is 0 Å². The van der Waals surface area contributed by atoms with Crippen LogP contribution in [-0.2, 0) is 6.54 Å². The topological polar surface area (TPSA) is 71.3 Å². The predicted octanol–water partition coefficient (Wildman–Crippen LogP) is 3.68. The number of carbonyl (C=O) groups excluding carboxylic acids is 1. The lowest BCUT2D eigenvalue weighted by molar-refractivity contribution is 0.102. The number of aromatic hydroxyl groups is 1. The van der Waals surface area contributed by atoms with Gasteiger partial charge in [0.25, 0.3) is 11.5 Å². The highest BCUT2D eigenvalue weighted by Gasteiger charge is 2.22. The summed E-state index contributed by atoms with van der Waals surface area (Å²) in [6.07, 6.45) is 0.744. The summed E-state index contributed by atoms with van der Waals surface area (Å²) in [4.78, 5) is 25.5. The number of aromatic nitrogens is 1. The first-order valence-corrected chi connectivity index (χ1v) is 8.25. The standard InChI is InChI=1S/C20H20N2O3/c1-3-12-22-16-7-5-4-6-15(16)18(23)17(20(22)25)19(24)21-14-10-8-13(2)9-11-14/h4-11,23H,3,12H2,1-2H3,(H,21,24). The number of nitrogens with zero attached hydrogens (tertiary/aromatic N) is 1. The predicted molar refractivity (Wildman–Crippen MR) is 99.3 cm³/mol. The van der Waals surface area contributed by atoms with Crippen LogP contribution in [0.1, 0.15) is 29.3 Å². The monoisotopic (exact) mass is 336 g/mol. The Balaban J connectivity index is 2.13. The van der Waals surface area contributed by atoms with E-state index >= 15 is 0 Å². The number of amides is 1. The van der Waals surface area contributed by atoms with Crippen molar-refractivity contribution < 1.29 is 9.90 Å². The minimum atomic E-state index is -0.609. The summed E-state index contributed by atoms with van der Waals surface area (Å²) < 4.78 is 1.54. The van der Waals surface area contributed by atoms with Crippen molar-refractivity contribution in [2.24, 2.45) is 0 Å². The number of hydrogen-bond acceptors (Lipinski definition) is 3. The number of pyridine rings is 1. The molecule has 3 rings (SSSR count). The van der Waals surface area contributed by atoms with Crippen molar-refractivity contribution in [3.05, 3.63) is 70.0 Å². The van der Waals surface area contributed by atoms with Crippen LogP contribution in [0.2, 0.25) is 0 Å². The van der Waals surface area contributed by atoms with Gasteiger partial charge in [-0.15, -0.1) is 0 Å². The van der Waals surface area contributed by atoms with Gasteiger partial charge in [-0.05, 0) is 37.6 Å². The fourth-order valence-corrected chi connectivity index (χ4v) is 2.87. The van der Waals surface area contributed by atoms with Crippen molar-refractivity contribution in [3.8, 4) is 5.75 Å². The average Bonchev–Trinajstić information content (AvgIpc) is 2.61. The molecular weight excluding hydrogens is 316 g/mol. The van der Waals surface area contributed by atoms with Gasteiger partial charge in [-0.1, -0.05) is 36.8 Å². The Morgan fingerprint density at radius 3 is 2.48 bits per heavy atom. The molecule has 1 aromatic heterocycles. The molecule has 25 heavy (non-hydrogen) atoms. The van der Waals surface area contributed by atoms with Gasteiger partial charge in [-0.25, -0.2) is 0 Å². The number of fused-ring (bicyclic) bond motifs is 1. The lowest BCUT2D eigenvalue weighted by atomic mass is 10.1. The Hall–Kier alpha value is -3.08. The number of aryl methyl sites for hydroxylation is 2. The van der Waals surface area contributed by atoms with Gasteiger partial charge in [0.1, 0.15) is 11.3 Å². The Kier molecular flexibility index (Phi) is 4.57. The van der Waals surface area contributed by atoms with Crippen LogP contribution >= 0.6 is 0 Å². The zero-order valence-electron chi connectivity index (χ0n) is 14.2. The second-order valence-electron chi connectivity index (χ2n) is 6.02. The first-order valence-electron chi connectivity index (χ1n) is 8.25. The molecule has 0 saturated heterocycles. The molecule has 0 aliphatic carbocycles. The normalized spacial score (nSPS) is 10.8. The summed E-state index contributed by atoms with van der Waals surface area (Å²) >= 11 is 0. The zero-order valence-corrected chi connectivity index (χ0v) is 14.2. The molecule has 0 saturated carbocycles. The van der Waals surface area contributed by atoms with Crippen LogP contribution in [0.15, 0.2) is 53.3 Å². The molecule has 0 bridgehead atoms. The highest BCUT2D eigenvalue weighted by atomic mass is 16.3. The first-order chi connectivity index (χ1) is 12.0. The summed E-state index contributed by atoms with van der Waals surface area (Å²) in [5.74, 6) is -0.889. The molecule has 0 unspecified atom stereocenters. The van der Waals surface area contributed by atoms with E-state index in [4.69, 9.17) is 0 Å². The van der Waals surface area contributed by atoms with E-state index in [2.05, 4.69) is 5.32 Å². The summed E-state index contributed by atoms with van der Waals surface area (Å²) in [7, 11) is 0. The highest BCUT2D eigenvalue weighted by Crippen LogP contribution is 2.27. The molecule has 3 aromatic rings. The Labute approximate surface area is 145 Å². The van der Waals surface area contributed by atoms with Crippen LogP contribution < -0.4 is 10.9 Å². The molecule has 0 spiro atoms. The number of benzene rings is 2. The minimum Gasteiger partial charge on any atom is -0.506 e. The van der Waals surface area contributed by atoms with Crippen molar-refractivity contribution >= 4 is 22.5 Å². The maximum atomic E-state index is 12.8. The quantitative estimate of drug-likeness (QED) is 0.763. The van der Waals surface area contributed by atoms with E-state index in [1.807, 2.05) is 26.0 Å². The minimum absolute atomic E-state index is 0.229. The van der Waals surface area contributed by atoms with E-state index in [1.54, 1.807) is 41.0 Å². The summed E-state index contributed by atoms with van der Waals surface area (Å²) in [6, 6.07) is 14.3. The second-order valence-corrected chi connectivity index (χ2v) is 6.02. The van der Waals surface area contributed by atoms with Crippen molar-refractivity contribution in [2.45, 2.75) is 26.8 Å². The molecule has 1 heterocycles. The summed E-state index contributed by atoms with van der Waals surface area (Å²) in [5.41, 5.74) is 1.55. The van der Waals surface area contributed by atoms with E-state index in [0.717, 1.165) is 12.0 Å². The van der Waals surface area contributed by atoms with E-state index in [9.17, 15) is 14.7 Å². The lowest BCUT2D eigenvalue weighted by Gasteiger charge is -2.14. The van der Waals surface area contributed by atoms with Crippen molar-refractivity contribution in [3.63, 3.8) is 0 Å². The number of anilines is 1. The van der Waals surface area contributed by atoms with Crippen molar-refractivity contribution in [1.82, 2.24) is 4.57 Å². The van der Waals surface area contributed by atoms with Gasteiger partial charge in [0.15, 0.2) is 0 Å². The maximum Gasteiger partial charge on any atom is 0.267 e. The average molecular weight is 336 g/mol. The van der Waals surface area contributed by atoms with E-state index in [-0.39, 0.29) is 11.3 Å². The van der Waals surface area contributed by atoms with E-state index < -0.39 is 11.5 Å². The highest BCUT2D eigenvalue weighted by molar-refractivity contribution is 6.09. The van der Waals surface area contributed by atoms with E-state index in [1.165, 1.54) is 0 Å². The summed E-state index contributed by atoms with van der Waals surface area (Å²) in [5, 5.41) is 13.7. The lowest BCUT2D eigenvalue weighted by Crippen LogP contribution is -2.29. The largest absolute Gasteiger partial charge is 0.506 e. The fraction of sp³-hybridized carbons (Fsp3) is 0.200. The van der Waals surface area contributed by atoms with Crippen molar-refractivity contribution in [2.75, 3.05) is 5.32 Å². The fourth-order valence-electron chi connectivity index (χ4n) is 2.87. The number of para-hydroxylation sites is 1. The van der Waals surface area contributed by atoms with Crippen molar-refractivity contribution in [1.29, 1.82) is 0 Å². The molecule has 128 valence electrons. The Morgan fingerprint density at radius 1 is 1.12 bits per heavy atom. The number of hydrogen-bond donors (Lipinski definition) is 2. The summed E-state index contributed by atoms with van der Waals surface area (Å²) in [6.45, 7) is 4.38. The van der Waals surface area contributed by atoms with Gasteiger partial charge >= 0.3 is 0 Å². The van der Waals surface area contributed by atoms with Gasteiger partial charge < -0.3 is 15.0 Å². The smallest absolute Gasteiger partial charge is 0.267 e. The molecule has 0 radical (unpaired) electrons. The molecule has 0 aliphatic heterocycles. The molecule has 5 heteroatoms. The van der Waals surface area contributed by atoms with Gasteiger partial charge in [-0.2, -0.15) is 0 Å². The van der Waals surface area contributed by atoms with Crippen LogP contribution in [0.5, 0.6) is 5.75 Å². The number of nitrogens with one attached hydrogen (secondary N) is 1. The molecule has 2 aromatic carbocycles. The van der Waals surface area contributed by atoms with Gasteiger partial charge in [0, 0.05) is 17.6 Å². The number of rotatable bonds is 4. The molecule has 1 amide bonds. The third kappa shape index (κ3) is 3.13. The van der Waals surface area contributed by atoms with Gasteiger partial charge in [0.2, 0.25) is 0 Å². The molecule has 0 fully saturated rings. The van der Waals surface area contributed by atoms with Crippen LogP contribution in [0.4, 0.5) is 5.69 Å². The molecular formula is C20H20N2O3. The molecule has 0 aliphatic rings. The van der Waals surface area contributed by atoms with Crippen LogP contribution in [0, 0.1) is 6.92 Å². The zero-order chi connectivity index (χ0) is 18.0. The van der Waals surface area contributed by atoms with Gasteiger partial charge in [0.05, 0.1) is 5.52 Å². The van der Waals surface area contributed by atoms with Crippen LogP contribution in [-0.4, -0.2) is 15.6 Å². The molecule has 0 atom stereocenters. The number of carbonyl (C=O) groups is 1. The maximum absolute atomic E-state index is 12.8. The second kappa shape index (κ2) is 6.81. The molecule has 5 nitrogen and oxygen atoms in total. The third-order valence-corrected chi connectivity index (χ3v) is 4.13. The Morgan fingerprint density at radius 2 is 1.80 bits per heavy atom. The Bertz CT molecular complexity index is 988. The van der Waals surface area contributed by atoms with Gasteiger partial charge in [-0.3, -0.25) is 9.59 Å². The third-order valence-electron chi connectivity index (χ3n) is 4.13. The van der Waals surface area contributed by atoms with E-state index in [0.29, 0.717) is 23.1 Å². The first kappa shape index (κ1) is 16.8. The SMILES string of the molecule is CCCn1c(=O)c(C(=O)Nc2ccc(C)cc2)c(O)c2ccccc21. The molecule has 2 N–H and O–H groups in total. The van der Waals surface area contributed by atoms with Crippen LogP contribution in [0.25, 0.3) is 10.9 Å².